The fourth-order valence-electron chi connectivity index (χ4n) is 4.25. The van der Waals surface area contributed by atoms with Gasteiger partial charge in [0, 0.05) is 19.2 Å². The van der Waals surface area contributed by atoms with Crippen LogP contribution in [0.1, 0.15) is 32.1 Å². The molecule has 5 nitrogen and oxygen atoms in total. The van der Waals surface area contributed by atoms with E-state index in [1.165, 1.54) is 36.3 Å². The van der Waals surface area contributed by atoms with Gasteiger partial charge in [-0.15, -0.1) is 13.2 Å². The SMILES string of the molecule is CN(CC(=O)Nc1ccc(OC(F)(F)F)cc1)C(=O)C[C@@H]1C[C@@H]2CC[C@@H]1C2. The molecule has 0 unspecified atom stereocenters. The monoisotopic (exact) mass is 384 g/mol. The van der Waals surface area contributed by atoms with E-state index in [1.807, 2.05) is 0 Å². The van der Waals surface area contributed by atoms with Gasteiger partial charge in [0.1, 0.15) is 5.75 Å². The van der Waals surface area contributed by atoms with E-state index in [1.54, 1.807) is 7.05 Å². The zero-order chi connectivity index (χ0) is 19.6. The third-order valence-corrected chi connectivity index (χ3v) is 5.50. The minimum atomic E-state index is -4.76. The summed E-state index contributed by atoms with van der Waals surface area (Å²) in [6, 6.07) is 4.87. The molecule has 0 saturated heterocycles. The zero-order valence-corrected chi connectivity index (χ0v) is 15.1. The van der Waals surface area contributed by atoms with E-state index >= 15 is 0 Å². The van der Waals surface area contributed by atoms with Crippen LogP contribution in [0.5, 0.6) is 5.75 Å². The van der Waals surface area contributed by atoms with Crippen molar-refractivity contribution < 1.29 is 27.5 Å². The molecule has 1 aromatic rings. The number of benzene rings is 1. The Morgan fingerprint density at radius 2 is 1.89 bits per heavy atom. The van der Waals surface area contributed by atoms with Crippen LogP contribution < -0.4 is 10.1 Å². The lowest BCUT2D eigenvalue weighted by atomic mass is 9.86. The van der Waals surface area contributed by atoms with Gasteiger partial charge in [0.2, 0.25) is 11.8 Å². The van der Waals surface area contributed by atoms with Gasteiger partial charge in [0.05, 0.1) is 6.54 Å². The molecule has 2 bridgehead atoms. The molecule has 0 heterocycles. The average molecular weight is 384 g/mol. The molecule has 3 atom stereocenters. The van der Waals surface area contributed by atoms with Gasteiger partial charge in [-0.1, -0.05) is 6.42 Å². The maximum Gasteiger partial charge on any atom is 0.573 e. The Morgan fingerprint density at radius 1 is 1.19 bits per heavy atom. The van der Waals surface area contributed by atoms with Gasteiger partial charge in [-0.3, -0.25) is 9.59 Å². The molecule has 0 aliphatic heterocycles. The normalized spacial score (nSPS) is 23.9. The van der Waals surface area contributed by atoms with Gasteiger partial charge in [-0.2, -0.15) is 0 Å². The number of ether oxygens (including phenoxy) is 1. The van der Waals surface area contributed by atoms with Crippen LogP contribution in [0.15, 0.2) is 24.3 Å². The molecule has 2 amide bonds. The molecule has 2 fully saturated rings. The molecule has 1 aromatic carbocycles. The van der Waals surface area contributed by atoms with Gasteiger partial charge >= 0.3 is 6.36 Å². The number of nitrogens with zero attached hydrogens (tertiary/aromatic N) is 1. The Morgan fingerprint density at radius 3 is 2.44 bits per heavy atom. The second-order valence-electron chi connectivity index (χ2n) is 7.51. The van der Waals surface area contributed by atoms with Crippen LogP contribution in [-0.4, -0.2) is 36.7 Å². The van der Waals surface area contributed by atoms with Gasteiger partial charge < -0.3 is 15.0 Å². The summed E-state index contributed by atoms with van der Waals surface area (Å²) >= 11 is 0. The number of amides is 2. The smallest absolute Gasteiger partial charge is 0.406 e. The van der Waals surface area contributed by atoms with E-state index in [-0.39, 0.29) is 18.2 Å². The first-order chi connectivity index (χ1) is 12.7. The second-order valence-corrected chi connectivity index (χ2v) is 7.51. The van der Waals surface area contributed by atoms with Crippen molar-refractivity contribution in [2.24, 2.45) is 17.8 Å². The summed E-state index contributed by atoms with van der Waals surface area (Å²) in [6.45, 7) is -0.0968. The van der Waals surface area contributed by atoms with E-state index in [9.17, 15) is 22.8 Å². The van der Waals surface area contributed by atoms with E-state index in [0.717, 1.165) is 24.5 Å². The minimum Gasteiger partial charge on any atom is -0.406 e. The number of likely N-dealkylation sites (N-methyl/N-ethyl adjacent to an activating group) is 1. The van der Waals surface area contributed by atoms with Crippen molar-refractivity contribution in [1.82, 2.24) is 4.90 Å². The number of carbonyl (C=O) groups excluding carboxylic acids is 2. The number of fused-ring (bicyclic) bond motifs is 2. The average Bonchev–Trinajstić information content (AvgIpc) is 3.18. The Balaban J connectivity index is 1.44. The predicted octanol–water partition coefficient (Wildman–Crippen LogP) is 3.81. The number of halogens is 3. The summed E-state index contributed by atoms with van der Waals surface area (Å²) in [7, 11) is 1.59. The van der Waals surface area contributed by atoms with Crippen LogP contribution in [0.3, 0.4) is 0 Å². The molecule has 1 N–H and O–H groups in total. The quantitative estimate of drug-likeness (QED) is 0.812. The standard InChI is InChI=1S/C19H23F3N2O3/c1-24(18(26)10-14-9-12-2-3-13(14)8-12)11-17(25)23-15-4-6-16(7-5-15)27-19(20,21)22/h4-7,12-14H,2-3,8-11H2,1H3,(H,23,25)/t12-,13-,14+/m1/s1. The van der Waals surface area contributed by atoms with Crippen LogP contribution >= 0.6 is 0 Å². The molecule has 148 valence electrons. The molecule has 0 radical (unpaired) electrons. The number of anilines is 1. The fraction of sp³-hybridized carbons (Fsp3) is 0.579. The molecular formula is C19H23F3N2O3. The molecule has 8 heteroatoms. The molecule has 2 saturated carbocycles. The lowest BCUT2D eigenvalue weighted by Crippen LogP contribution is -2.36. The molecule has 0 aromatic heterocycles. The fourth-order valence-corrected chi connectivity index (χ4v) is 4.25. The molecule has 2 aliphatic rings. The maximum atomic E-state index is 12.4. The maximum absolute atomic E-state index is 12.4. The highest BCUT2D eigenvalue weighted by molar-refractivity contribution is 5.94. The first-order valence-corrected chi connectivity index (χ1v) is 9.09. The summed E-state index contributed by atoms with van der Waals surface area (Å²) in [5.41, 5.74) is 0.337. The van der Waals surface area contributed by atoms with Crippen LogP contribution in [0, 0.1) is 17.8 Å². The van der Waals surface area contributed by atoms with Crippen LogP contribution in [0.4, 0.5) is 18.9 Å². The number of alkyl halides is 3. The highest BCUT2D eigenvalue weighted by Gasteiger charge is 2.40. The molecule has 27 heavy (non-hydrogen) atoms. The van der Waals surface area contributed by atoms with E-state index < -0.39 is 12.3 Å². The van der Waals surface area contributed by atoms with E-state index in [0.29, 0.717) is 23.9 Å². The Bertz CT molecular complexity index is 690. The largest absolute Gasteiger partial charge is 0.573 e. The van der Waals surface area contributed by atoms with Crippen LogP contribution in [0.25, 0.3) is 0 Å². The van der Waals surface area contributed by atoms with Crippen molar-refractivity contribution >= 4 is 17.5 Å². The molecular weight excluding hydrogens is 361 g/mol. The van der Waals surface area contributed by atoms with Gasteiger partial charge in [-0.05, 0) is 61.3 Å². The Labute approximate surface area is 155 Å². The first kappa shape index (κ1) is 19.5. The zero-order valence-electron chi connectivity index (χ0n) is 15.1. The van der Waals surface area contributed by atoms with Crippen molar-refractivity contribution in [3.05, 3.63) is 24.3 Å². The van der Waals surface area contributed by atoms with Gasteiger partial charge in [-0.25, -0.2) is 0 Å². The summed E-state index contributed by atoms with van der Waals surface area (Å²) in [6.07, 6.45) is 0.557. The molecule has 0 spiro atoms. The lowest BCUT2D eigenvalue weighted by Gasteiger charge is -2.24. The van der Waals surface area contributed by atoms with Crippen molar-refractivity contribution in [3.8, 4) is 5.75 Å². The minimum absolute atomic E-state index is 0.0448. The van der Waals surface area contributed by atoms with Gasteiger partial charge in [0.15, 0.2) is 0 Å². The number of hydrogen-bond donors (Lipinski definition) is 1. The lowest BCUT2D eigenvalue weighted by molar-refractivity contribution is -0.274. The van der Waals surface area contributed by atoms with Gasteiger partial charge in [0.25, 0.3) is 0 Å². The topological polar surface area (TPSA) is 58.6 Å². The summed E-state index contributed by atoms with van der Waals surface area (Å²) in [4.78, 5) is 25.9. The van der Waals surface area contributed by atoms with E-state index in [4.69, 9.17) is 0 Å². The van der Waals surface area contributed by atoms with Crippen molar-refractivity contribution in [1.29, 1.82) is 0 Å². The second kappa shape index (κ2) is 7.78. The Kier molecular flexibility index (Phi) is 5.62. The number of nitrogens with one attached hydrogen (secondary N) is 1. The van der Waals surface area contributed by atoms with Crippen LogP contribution in [-0.2, 0) is 9.59 Å². The molecule has 3 rings (SSSR count). The first-order valence-electron chi connectivity index (χ1n) is 9.09. The van der Waals surface area contributed by atoms with E-state index in [2.05, 4.69) is 10.1 Å². The summed E-state index contributed by atoms with van der Waals surface area (Å²) < 4.78 is 40.2. The number of rotatable bonds is 6. The summed E-state index contributed by atoms with van der Waals surface area (Å²) in [5, 5.41) is 2.57. The van der Waals surface area contributed by atoms with Crippen molar-refractivity contribution in [3.63, 3.8) is 0 Å². The number of hydrogen-bond acceptors (Lipinski definition) is 3. The van der Waals surface area contributed by atoms with Crippen molar-refractivity contribution in [2.45, 2.75) is 38.5 Å². The highest BCUT2D eigenvalue weighted by atomic mass is 19.4. The van der Waals surface area contributed by atoms with Crippen molar-refractivity contribution in [2.75, 3.05) is 18.9 Å². The third kappa shape index (κ3) is 5.37. The Hall–Kier alpha value is -2.25. The highest BCUT2D eigenvalue weighted by Crippen LogP contribution is 2.49. The molecule has 2 aliphatic carbocycles. The number of carbonyl (C=O) groups is 2. The summed E-state index contributed by atoms with van der Waals surface area (Å²) in [5.74, 6) is 1.05. The van der Waals surface area contributed by atoms with Crippen LogP contribution in [0.2, 0.25) is 0 Å². The predicted molar refractivity (Wildman–Crippen MR) is 92.9 cm³/mol. The third-order valence-electron chi connectivity index (χ3n) is 5.50.